The highest BCUT2D eigenvalue weighted by molar-refractivity contribution is 7.92. The zero-order chi connectivity index (χ0) is 23.9. The molecule has 34 heavy (non-hydrogen) atoms. The predicted molar refractivity (Wildman–Crippen MR) is 123 cm³/mol. The van der Waals surface area contributed by atoms with Crippen LogP contribution in [-0.2, 0) is 10.0 Å². The molecule has 2 aliphatic heterocycles. The van der Waals surface area contributed by atoms with Gasteiger partial charge in [0.05, 0.1) is 18.5 Å². The quantitative estimate of drug-likeness (QED) is 0.612. The Morgan fingerprint density at radius 1 is 1.03 bits per heavy atom. The summed E-state index contributed by atoms with van der Waals surface area (Å²) in [7, 11) is -4.17. The molecule has 1 N–H and O–H groups in total. The number of para-hydroxylation sites is 1. The fraction of sp³-hybridized carbons (Fsp3) is 0.200. The fourth-order valence-corrected chi connectivity index (χ4v) is 5.59. The van der Waals surface area contributed by atoms with Gasteiger partial charge in [0.1, 0.15) is 22.1 Å². The Hall–Kier alpha value is -3.72. The lowest BCUT2D eigenvalue weighted by atomic mass is 9.89. The molecule has 1 amide bonds. The van der Waals surface area contributed by atoms with Crippen molar-refractivity contribution in [1.82, 2.24) is 4.90 Å². The molecule has 0 aliphatic carbocycles. The van der Waals surface area contributed by atoms with E-state index in [0.717, 1.165) is 6.07 Å². The van der Waals surface area contributed by atoms with Crippen LogP contribution >= 0.6 is 0 Å². The Balaban J connectivity index is 1.33. The van der Waals surface area contributed by atoms with Crippen LogP contribution in [0.2, 0.25) is 0 Å². The Kier molecular flexibility index (Phi) is 5.36. The first-order chi connectivity index (χ1) is 16.3. The first kappa shape index (κ1) is 22.1. The van der Waals surface area contributed by atoms with Crippen molar-refractivity contribution in [2.45, 2.75) is 23.3 Å². The molecule has 3 aromatic rings. The minimum absolute atomic E-state index is 0.0132. The summed E-state index contributed by atoms with van der Waals surface area (Å²) in [5.74, 6) is -0.662. The van der Waals surface area contributed by atoms with Crippen LogP contribution in [0, 0.1) is 5.82 Å². The zero-order valence-corrected chi connectivity index (χ0v) is 18.8. The van der Waals surface area contributed by atoms with E-state index in [0.29, 0.717) is 24.3 Å². The van der Waals surface area contributed by atoms with Gasteiger partial charge < -0.3 is 9.64 Å². The molecule has 1 atom stereocenters. The van der Waals surface area contributed by atoms with E-state index < -0.39 is 26.3 Å². The maximum absolute atomic E-state index is 14.0. The largest absolute Gasteiger partial charge is 0.484 e. The maximum atomic E-state index is 14.0. The van der Waals surface area contributed by atoms with E-state index in [1.165, 1.54) is 30.3 Å². The smallest absolute Gasteiger partial charge is 0.264 e. The van der Waals surface area contributed by atoms with Gasteiger partial charge in [0, 0.05) is 24.2 Å². The summed E-state index contributed by atoms with van der Waals surface area (Å²) < 4.78 is 47.7. The number of halogens is 1. The minimum Gasteiger partial charge on any atom is -0.484 e. The molecular weight excluding hydrogens is 459 g/mol. The molecule has 5 rings (SSSR count). The number of amides is 1. The summed E-state index contributed by atoms with van der Waals surface area (Å²) in [4.78, 5) is 27.0. The molecule has 0 bridgehead atoms. The van der Waals surface area contributed by atoms with Gasteiger partial charge in [-0.05, 0) is 42.5 Å². The highest BCUT2D eigenvalue weighted by atomic mass is 32.2. The van der Waals surface area contributed by atoms with Gasteiger partial charge in [-0.15, -0.1) is 0 Å². The molecule has 2 heterocycles. The Labute approximate surface area is 196 Å². The second kappa shape index (κ2) is 8.25. The van der Waals surface area contributed by atoms with Gasteiger partial charge in [-0.3, -0.25) is 14.3 Å². The number of ether oxygens (including phenoxy) is 1. The summed E-state index contributed by atoms with van der Waals surface area (Å²) in [6.07, 6.45) is 0.703. The topological polar surface area (TPSA) is 92.8 Å². The number of benzene rings is 3. The minimum atomic E-state index is -4.17. The number of nitrogens with one attached hydrogen (secondary N) is 1. The number of likely N-dealkylation sites (tertiary alicyclic amines) is 1. The number of Topliss-reactive ketones (excluding diaryl/α,β-unsaturated/α-hetero) is 1. The first-order valence-corrected chi connectivity index (χ1v) is 12.2. The Bertz CT molecular complexity index is 1410. The van der Waals surface area contributed by atoms with Crippen molar-refractivity contribution in [2.75, 3.05) is 17.8 Å². The molecule has 0 saturated carbocycles. The second-order valence-electron chi connectivity index (χ2n) is 8.47. The molecule has 174 valence electrons. The number of anilines is 1. The van der Waals surface area contributed by atoms with E-state index in [2.05, 4.69) is 4.72 Å². The van der Waals surface area contributed by atoms with Gasteiger partial charge in [0.2, 0.25) is 0 Å². The summed E-state index contributed by atoms with van der Waals surface area (Å²) in [5.41, 5.74) is 0.188. The average molecular weight is 481 g/mol. The molecule has 1 fully saturated rings. The summed E-state index contributed by atoms with van der Waals surface area (Å²) in [5, 5.41) is 0. The number of carbonyl (C=O) groups excluding carboxylic acids is 2. The SMILES string of the molecule is O=C1CC2(CCN(C(=O)c3cccc(NS(=O)(=O)c4ccccc4F)c3)C2)Oc2ccccc21. The highest BCUT2D eigenvalue weighted by Gasteiger charge is 2.47. The van der Waals surface area contributed by atoms with Crippen molar-refractivity contribution in [3.05, 3.63) is 89.7 Å². The summed E-state index contributed by atoms with van der Waals surface area (Å²) >= 11 is 0. The molecule has 1 spiro atoms. The molecule has 9 heteroatoms. The van der Waals surface area contributed by atoms with Crippen LogP contribution in [0.15, 0.2) is 77.7 Å². The van der Waals surface area contributed by atoms with Crippen LogP contribution in [0.4, 0.5) is 10.1 Å². The molecule has 1 saturated heterocycles. The van der Waals surface area contributed by atoms with Gasteiger partial charge in [-0.2, -0.15) is 0 Å². The molecule has 3 aromatic carbocycles. The van der Waals surface area contributed by atoms with E-state index >= 15 is 0 Å². The van der Waals surface area contributed by atoms with Gasteiger partial charge in [-0.25, -0.2) is 12.8 Å². The van der Waals surface area contributed by atoms with E-state index in [9.17, 15) is 22.4 Å². The molecular formula is C25H21FN2O5S. The number of hydrogen-bond acceptors (Lipinski definition) is 5. The van der Waals surface area contributed by atoms with Crippen molar-refractivity contribution in [1.29, 1.82) is 0 Å². The van der Waals surface area contributed by atoms with Crippen LogP contribution < -0.4 is 9.46 Å². The lowest BCUT2D eigenvalue weighted by Crippen LogP contribution is -2.45. The first-order valence-electron chi connectivity index (χ1n) is 10.7. The van der Waals surface area contributed by atoms with E-state index in [-0.39, 0.29) is 35.9 Å². The van der Waals surface area contributed by atoms with E-state index in [4.69, 9.17) is 4.74 Å². The number of sulfonamides is 1. The summed E-state index contributed by atoms with van der Waals surface area (Å²) in [6, 6.07) is 18.2. The van der Waals surface area contributed by atoms with Gasteiger partial charge in [0.15, 0.2) is 5.78 Å². The number of hydrogen-bond donors (Lipinski definition) is 1. The molecule has 1 unspecified atom stereocenters. The monoisotopic (exact) mass is 480 g/mol. The van der Waals surface area contributed by atoms with Gasteiger partial charge in [0.25, 0.3) is 15.9 Å². The molecule has 0 aromatic heterocycles. The number of rotatable bonds is 4. The van der Waals surface area contributed by atoms with Crippen LogP contribution in [0.25, 0.3) is 0 Å². The third kappa shape index (κ3) is 4.03. The van der Waals surface area contributed by atoms with Crippen molar-refractivity contribution < 1.29 is 27.1 Å². The van der Waals surface area contributed by atoms with Crippen LogP contribution in [0.5, 0.6) is 5.75 Å². The average Bonchev–Trinajstić information content (AvgIpc) is 3.21. The number of ketones is 1. The molecule has 7 nitrogen and oxygen atoms in total. The number of nitrogens with zero attached hydrogens (tertiary/aromatic N) is 1. The van der Waals surface area contributed by atoms with Crippen molar-refractivity contribution in [3.63, 3.8) is 0 Å². The number of carbonyl (C=O) groups is 2. The third-order valence-electron chi connectivity index (χ3n) is 6.09. The van der Waals surface area contributed by atoms with Crippen LogP contribution in [0.1, 0.15) is 33.6 Å². The predicted octanol–water partition coefficient (Wildman–Crippen LogP) is 3.88. The molecule has 0 radical (unpaired) electrons. The Morgan fingerprint density at radius 2 is 1.79 bits per heavy atom. The normalized spacial score (nSPS) is 19.6. The highest BCUT2D eigenvalue weighted by Crippen LogP contribution is 2.39. The third-order valence-corrected chi connectivity index (χ3v) is 7.50. The standard InChI is InChI=1S/C25H21FN2O5S/c26-20-9-2-4-11-23(20)34(31,32)27-18-7-5-6-17(14-18)24(30)28-13-12-25(16-28)15-21(29)19-8-1-3-10-22(19)33-25/h1-11,14,27H,12-13,15-16H2. The van der Waals surface area contributed by atoms with E-state index in [1.54, 1.807) is 41.3 Å². The van der Waals surface area contributed by atoms with Gasteiger partial charge in [-0.1, -0.05) is 30.3 Å². The molecule has 2 aliphatic rings. The lowest BCUT2D eigenvalue weighted by Gasteiger charge is -2.34. The fourth-order valence-electron chi connectivity index (χ4n) is 4.46. The van der Waals surface area contributed by atoms with E-state index in [1.807, 2.05) is 0 Å². The van der Waals surface area contributed by atoms with Crippen molar-refractivity contribution >= 4 is 27.4 Å². The van der Waals surface area contributed by atoms with Crippen molar-refractivity contribution in [2.24, 2.45) is 0 Å². The lowest BCUT2D eigenvalue weighted by molar-refractivity contribution is 0.0428. The Morgan fingerprint density at radius 3 is 2.62 bits per heavy atom. The summed E-state index contributed by atoms with van der Waals surface area (Å²) in [6.45, 7) is 0.649. The maximum Gasteiger partial charge on any atom is 0.264 e. The zero-order valence-electron chi connectivity index (χ0n) is 18.0. The second-order valence-corrected chi connectivity index (χ2v) is 10.1. The van der Waals surface area contributed by atoms with Crippen LogP contribution in [-0.4, -0.2) is 43.7 Å². The number of fused-ring (bicyclic) bond motifs is 1. The van der Waals surface area contributed by atoms with Gasteiger partial charge >= 0.3 is 0 Å². The van der Waals surface area contributed by atoms with Crippen molar-refractivity contribution in [3.8, 4) is 5.75 Å². The van der Waals surface area contributed by atoms with Crippen LogP contribution in [0.3, 0.4) is 0 Å².